The zero-order valence-corrected chi connectivity index (χ0v) is 11.6. The van der Waals surface area contributed by atoms with Gasteiger partial charge in [0, 0.05) is 7.05 Å². The highest BCUT2D eigenvalue weighted by Crippen LogP contribution is 2.19. The predicted octanol–water partition coefficient (Wildman–Crippen LogP) is 1.14. The Labute approximate surface area is 120 Å². The average Bonchev–Trinajstić information content (AvgIpc) is 2.81. The Morgan fingerprint density at radius 1 is 1.38 bits per heavy atom. The number of carbonyl (C=O) groups is 2. The second-order valence-electron chi connectivity index (χ2n) is 4.47. The Hall–Kier alpha value is -2.90. The number of aromatic carboxylic acids is 1. The molecule has 0 unspecified atom stereocenters. The minimum atomic E-state index is -1.09. The van der Waals surface area contributed by atoms with Gasteiger partial charge < -0.3 is 20.3 Å². The molecule has 0 saturated heterocycles. The van der Waals surface area contributed by atoms with E-state index in [1.165, 1.54) is 6.33 Å². The monoisotopic (exact) mass is 289 g/mol. The van der Waals surface area contributed by atoms with Crippen molar-refractivity contribution in [2.24, 2.45) is 7.05 Å². The quantitative estimate of drug-likeness (QED) is 0.782. The molecule has 1 aromatic heterocycles. The fourth-order valence-corrected chi connectivity index (χ4v) is 1.85. The first-order valence-corrected chi connectivity index (χ1v) is 6.19. The summed E-state index contributed by atoms with van der Waals surface area (Å²) in [6, 6.07) is 4.39. The number of rotatable bonds is 4. The van der Waals surface area contributed by atoms with Crippen LogP contribution in [0.2, 0.25) is 0 Å². The summed E-state index contributed by atoms with van der Waals surface area (Å²) in [6.07, 6.45) is 1.53. The highest BCUT2D eigenvalue weighted by atomic mass is 16.4. The van der Waals surface area contributed by atoms with Gasteiger partial charge in [-0.25, -0.2) is 9.59 Å². The molecule has 110 valence electrons. The number of anilines is 1. The minimum absolute atomic E-state index is 0.0753. The molecule has 0 aliphatic carbocycles. The van der Waals surface area contributed by atoms with Crippen LogP contribution in [0.15, 0.2) is 24.5 Å². The smallest absolute Gasteiger partial charge is 0.338 e. The Morgan fingerprint density at radius 2 is 2.14 bits per heavy atom. The summed E-state index contributed by atoms with van der Waals surface area (Å²) < 4.78 is 1.68. The topological polar surface area (TPSA) is 109 Å². The summed E-state index contributed by atoms with van der Waals surface area (Å²) in [7, 11) is 1.76. The molecule has 1 aromatic carbocycles. The van der Waals surface area contributed by atoms with E-state index in [1.807, 2.05) is 0 Å². The van der Waals surface area contributed by atoms with Crippen LogP contribution in [0.1, 0.15) is 21.7 Å². The van der Waals surface area contributed by atoms with Crippen LogP contribution in [0.5, 0.6) is 0 Å². The van der Waals surface area contributed by atoms with Gasteiger partial charge in [-0.2, -0.15) is 0 Å². The van der Waals surface area contributed by atoms with Crippen molar-refractivity contribution in [1.82, 2.24) is 20.1 Å². The molecular weight excluding hydrogens is 274 g/mol. The summed E-state index contributed by atoms with van der Waals surface area (Å²) in [5.41, 5.74) is 0.901. The first kappa shape index (κ1) is 14.5. The summed E-state index contributed by atoms with van der Waals surface area (Å²) in [6.45, 7) is 1.86. The first-order chi connectivity index (χ1) is 9.99. The fraction of sp³-hybridized carbons (Fsp3) is 0.231. The number of urea groups is 1. The van der Waals surface area contributed by atoms with Crippen molar-refractivity contribution in [1.29, 1.82) is 0 Å². The number of hydrogen-bond acceptors (Lipinski definition) is 4. The maximum atomic E-state index is 11.8. The SMILES string of the molecule is Cc1cccc(NC(=O)NCc2nncn2C)c1C(=O)O. The first-order valence-electron chi connectivity index (χ1n) is 6.19. The Kier molecular flexibility index (Phi) is 4.17. The van der Waals surface area contributed by atoms with Crippen LogP contribution >= 0.6 is 0 Å². The van der Waals surface area contributed by atoms with Gasteiger partial charge >= 0.3 is 12.0 Å². The van der Waals surface area contributed by atoms with Gasteiger partial charge in [0.25, 0.3) is 0 Å². The van der Waals surface area contributed by atoms with Gasteiger partial charge in [0.2, 0.25) is 0 Å². The Bertz CT molecular complexity index is 680. The lowest BCUT2D eigenvalue weighted by atomic mass is 10.1. The molecule has 0 aliphatic rings. The van der Waals surface area contributed by atoms with E-state index in [0.29, 0.717) is 11.4 Å². The van der Waals surface area contributed by atoms with Crippen molar-refractivity contribution < 1.29 is 14.7 Å². The molecule has 21 heavy (non-hydrogen) atoms. The van der Waals surface area contributed by atoms with Crippen molar-refractivity contribution >= 4 is 17.7 Å². The van der Waals surface area contributed by atoms with Crippen LogP contribution in [-0.4, -0.2) is 31.9 Å². The fourth-order valence-electron chi connectivity index (χ4n) is 1.85. The number of aromatic nitrogens is 3. The third-order valence-electron chi connectivity index (χ3n) is 2.95. The molecule has 0 radical (unpaired) electrons. The van der Waals surface area contributed by atoms with Gasteiger partial charge in [0.1, 0.15) is 6.33 Å². The molecule has 0 atom stereocenters. The lowest BCUT2D eigenvalue weighted by Gasteiger charge is -2.11. The maximum Gasteiger partial charge on any atom is 0.338 e. The van der Waals surface area contributed by atoms with Crippen molar-refractivity contribution in [2.45, 2.75) is 13.5 Å². The molecule has 8 heteroatoms. The van der Waals surface area contributed by atoms with Crippen molar-refractivity contribution in [3.63, 3.8) is 0 Å². The number of carbonyl (C=O) groups excluding carboxylic acids is 1. The standard InChI is InChI=1S/C13H15N5O3/c1-8-4-3-5-9(11(8)12(19)20)16-13(21)14-6-10-17-15-7-18(10)2/h3-5,7H,6H2,1-2H3,(H,19,20)(H2,14,16,21). The van der Waals surface area contributed by atoms with Crippen LogP contribution < -0.4 is 10.6 Å². The minimum Gasteiger partial charge on any atom is -0.478 e. The predicted molar refractivity (Wildman–Crippen MR) is 75.0 cm³/mol. The molecule has 2 amide bonds. The molecular formula is C13H15N5O3. The molecule has 3 N–H and O–H groups in total. The molecule has 2 aromatic rings. The number of carboxylic acid groups (broad SMARTS) is 1. The number of carboxylic acids is 1. The Balaban J connectivity index is 2.05. The van der Waals surface area contributed by atoms with E-state index in [-0.39, 0.29) is 17.8 Å². The van der Waals surface area contributed by atoms with Crippen molar-refractivity contribution in [3.8, 4) is 0 Å². The lowest BCUT2D eigenvalue weighted by Crippen LogP contribution is -2.30. The number of benzene rings is 1. The largest absolute Gasteiger partial charge is 0.478 e. The molecule has 1 heterocycles. The van der Waals surface area contributed by atoms with Crippen molar-refractivity contribution in [2.75, 3.05) is 5.32 Å². The summed E-state index contributed by atoms with van der Waals surface area (Å²) in [4.78, 5) is 23.1. The van der Waals surface area contributed by atoms with E-state index >= 15 is 0 Å². The van der Waals surface area contributed by atoms with Crippen molar-refractivity contribution in [3.05, 3.63) is 41.5 Å². The van der Waals surface area contributed by atoms with E-state index in [9.17, 15) is 14.7 Å². The third-order valence-corrected chi connectivity index (χ3v) is 2.95. The zero-order valence-electron chi connectivity index (χ0n) is 11.6. The second-order valence-corrected chi connectivity index (χ2v) is 4.47. The number of aryl methyl sites for hydroxylation is 2. The highest BCUT2D eigenvalue weighted by molar-refractivity contribution is 6.01. The molecule has 8 nitrogen and oxygen atoms in total. The number of nitrogens with one attached hydrogen (secondary N) is 2. The van der Waals surface area contributed by atoms with Crippen LogP contribution in [-0.2, 0) is 13.6 Å². The highest BCUT2D eigenvalue weighted by Gasteiger charge is 2.15. The van der Waals surface area contributed by atoms with Gasteiger partial charge in [-0.05, 0) is 18.6 Å². The van der Waals surface area contributed by atoms with E-state index in [2.05, 4.69) is 20.8 Å². The Morgan fingerprint density at radius 3 is 2.76 bits per heavy atom. The van der Waals surface area contributed by atoms with Crippen LogP contribution in [0.4, 0.5) is 10.5 Å². The van der Waals surface area contributed by atoms with Crippen LogP contribution in [0, 0.1) is 6.92 Å². The molecule has 0 fully saturated rings. The molecule has 0 spiro atoms. The number of hydrogen-bond donors (Lipinski definition) is 3. The average molecular weight is 289 g/mol. The van der Waals surface area contributed by atoms with Gasteiger partial charge in [-0.1, -0.05) is 12.1 Å². The third kappa shape index (κ3) is 3.35. The van der Waals surface area contributed by atoms with Crippen LogP contribution in [0.25, 0.3) is 0 Å². The van der Waals surface area contributed by atoms with Gasteiger partial charge in [0.05, 0.1) is 17.8 Å². The number of nitrogens with zero attached hydrogens (tertiary/aromatic N) is 3. The summed E-state index contributed by atoms with van der Waals surface area (Å²) in [5.74, 6) is -0.496. The lowest BCUT2D eigenvalue weighted by molar-refractivity contribution is 0.0697. The molecule has 2 rings (SSSR count). The molecule has 0 saturated carbocycles. The summed E-state index contributed by atoms with van der Waals surface area (Å²) >= 11 is 0. The van der Waals surface area contributed by atoms with E-state index in [4.69, 9.17) is 0 Å². The van der Waals surface area contributed by atoms with E-state index in [0.717, 1.165) is 0 Å². The van der Waals surface area contributed by atoms with Crippen LogP contribution in [0.3, 0.4) is 0 Å². The molecule has 0 aliphatic heterocycles. The van der Waals surface area contributed by atoms with Gasteiger partial charge in [0.15, 0.2) is 5.82 Å². The van der Waals surface area contributed by atoms with E-state index in [1.54, 1.807) is 36.7 Å². The number of amides is 2. The van der Waals surface area contributed by atoms with Gasteiger partial charge in [-0.15, -0.1) is 10.2 Å². The van der Waals surface area contributed by atoms with E-state index < -0.39 is 12.0 Å². The molecule has 0 bridgehead atoms. The van der Waals surface area contributed by atoms with Gasteiger partial charge in [-0.3, -0.25) is 0 Å². The summed E-state index contributed by atoms with van der Waals surface area (Å²) in [5, 5.41) is 21.8. The maximum absolute atomic E-state index is 11.8. The normalized spacial score (nSPS) is 10.2. The zero-order chi connectivity index (χ0) is 15.4. The second kappa shape index (κ2) is 6.04.